The average molecular weight is 412 g/mol. The van der Waals surface area contributed by atoms with Crippen LogP contribution in [0.4, 0.5) is 0 Å². The molecule has 1 aliphatic rings. The predicted molar refractivity (Wildman–Crippen MR) is 120 cm³/mol. The number of carbonyl (C=O) groups excluding carboxylic acids is 1. The summed E-state index contributed by atoms with van der Waals surface area (Å²) >= 11 is 0. The summed E-state index contributed by atoms with van der Waals surface area (Å²) in [7, 11) is -1.92. The van der Waals surface area contributed by atoms with E-state index in [0.29, 0.717) is 18.5 Å². The molecule has 0 radical (unpaired) electrons. The highest BCUT2D eigenvalue weighted by molar-refractivity contribution is 6.74. The molecule has 2 atom stereocenters. The summed E-state index contributed by atoms with van der Waals surface area (Å²) in [4.78, 5) is 14.9. The molecule has 1 amide bonds. The Labute approximate surface area is 175 Å². The molecule has 1 heterocycles. The lowest BCUT2D eigenvalue weighted by molar-refractivity contribution is 0.0666. The molecule has 5 heteroatoms. The van der Waals surface area contributed by atoms with Crippen molar-refractivity contribution in [3.8, 4) is 11.1 Å². The van der Waals surface area contributed by atoms with Crippen LogP contribution in [0, 0.1) is 0 Å². The molecule has 156 valence electrons. The van der Waals surface area contributed by atoms with Crippen molar-refractivity contribution in [2.24, 2.45) is 0 Å². The third-order valence-corrected chi connectivity index (χ3v) is 10.9. The summed E-state index contributed by atoms with van der Waals surface area (Å²) in [6.07, 6.45) is 0.678. The fraction of sp³-hybridized carbons (Fsp3) is 0.458. The lowest BCUT2D eigenvalue weighted by Crippen LogP contribution is -2.44. The first-order valence-electron chi connectivity index (χ1n) is 10.4. The van der Waals surface area contributed by atoms with Crippen LogP contribution in [0.1, 0.15) is 37.6 Å². The van der Waals surface area contributed by atoms with E-state index in [4.69, 9.17) is 4.43 Å². The Morgan fingerprint density at radius 2 is 1.66 bits per heavy atom. The number of aliphatic hydroxyl groups is 1. The molecule has 0 saturated carbocycles. The van der Waals surface area contributed by atoms with E-state index >= 15 is 0 Å². The van der Waals surface area contributed by atoms with Crippen molar-refractivity contribution in [3.63, 3.8) is 0 Å². The molecule has 1 aliphatic heterocycles. The van der Waals surface area contributed by atoms with Gasteiger partial charge in [-0.3, -0.25) is 4.79 Å². The van der Waals surface area contributed by atoms with Crippen molar-refractivity contribution < 1.29 is 14.3 Å². The minimum Gasteiger partial charge on any atom is -0.412 e. The second kappa shape index (κ2) is 8.42. The van der Waals surface area contributed by atoms with Gasteiger partial charge in [-0.1, -0.05) is 63.2 Å². The molecule has 2 unspecified atom stereocenters. The Balaban J connectivity index is 1.73. The first kappa shape index (κ1) is 21.7. The van der Waals surface area contributed by atoms with Crippen molar-refractivity contribution in [3.05, 3.63) is 60.2 Å². The van der Waals surface area contributed by atoms with Crippen molar-refractivity contribution in [1.29, 1.82) is 0 Å². The summed E-state index contributed by atoms with van der Waals surface area (Å²) in [6.45, 7) is 11.6. The highest BCUT2D eigenvalue weighted by atomic mass is 28.4. The van der Waals surface area contributed by atoms with Crippen LogP contribution in [0.2, 0.25) is 18.1 Å². The summed E-state index contributed by atoms with van der Waals surface area (Å²) < 4.78 is 6.52. The van der Waals surface area contributed by atoms with Gasteiger partial charge < -0.3 is 14.4 Å². The summed E-state index contributed by atoms with van der Waals surface area (Å²) in [5.41, 5.74) is 2.86. The Bertz CT molecular complexity index is 827. The highest BCUT2D eigenvalue weighted by Gasteiger charge is 2.43. The van der Waals surface area contributed by atoms with E-state index in [-0.39, 0.29) is 29.7 Å². The Morgan fingerprint density at radius 3 is 2.21 bits per heavy atom. The van der Waals surface area contributed by atoms with E-state index < -0.39 is 8.32 Å². The van der Waals surface area contributed by atoms with Gasteiger partial charge in [0, 0.05) is 12.1 Å². The SMILES string of the molecule is CC(C)(C)[Si](C)(C)OC1CC(CO)N(C(=O)c2ccc(-c3ccccc3)cc2)C1. The van der Waals surface area contributed by atoms with Crippen molar-refractivity contribution >= 4 is 14.2 Å². The fourth-order valence-corrected chi connectivity index (χ4v) is 4.93. The number of rotatable bonds is 5. The zero-order chi connectivity index (χ0) is 21.2. The maximum atomic E-state index is 13.1. The monoisotopic (exact) mass is 411 g/mol. The molecule has 3 rings (SSSR count). The van der Waals surface area contributed by atoms with Crippen molar-refractivity contribution in [2.45, 2.75) is 57.5 Å². The van der Waals surface area contributed by atoms with Gasteiger partial charge in [-0.2, -0.15) is 0 Å². The third-order valence-electron chi connectivity index (χ3n) is 6.35. The number of aliphatic hydroxyl groups excluding tert-OH is 1. The molecule has 4 nitrogen and oxygen atoms in total. The normalized spacial score (nSPS) is 20.1. The first-order valence-corrected chi connectivity index (χ1v) is 13.3. The molecule has 1 saturated heterocycles. The topological polar surface area (TPSA) is 49.8 Å². The van der Waals surface area contributed by atoms with Crippen LogP contribution in [-0.4, -0.2) is 49.5 Å². The largest absolute Gasteiger partial charge is 0.412 e. The van der Waals surface area contributed by atoms with Gasteiger partial charge in [-0.05, 0) is 47.8 Å². The number of nitrogens with zero attached hydrogens (tertiary/aromatic N) is 1. The number of hydrogen-bond acceptors (Lipinski definition) is 3. The molecule has 2 aromatic carbocycles. The number of likely N-dealkylation sites (tertiary alicyclic amines) is 1. The van der Waals surface area contributed by atoms with Gasteiger partial charge >= 0.3 is 0 Å². The predicted octanol–water partition coefficient (Wildman–Crippen LogP) is 4.95. The van der Waals surface area contributed by atoms with Crippen LogP contribution in [0.3, 0.4) is 0 Å². The van der Waals surface area contributed by atoms with Crippen LogP contribution in [-0.2, 0) is 4.43 Å². The van der Waals surface area contributed by atoms with Gasteiger partial charge in [0.2, 0.25) is 0 Å². The Kier molecular flexibility index (Phi) is 6.32. The zero-order valence-corrected chi connectivity index (χ0v) is 19.2. The Morgan fingerprint density at radius 1 is 1.07 bits per heavy atom. The van der Waals surface area contributed by atoms with E-state index in [1.165, 1.54) is 0 Å². The fourth-order valence-electron chi connectivity index (χ4n) is 3.58. The molecule has 1 N–H and O–H groups in total. The standard InChI is InChI=1S/C24H33NO3Si/c1-24(2,3)29(4,5)28-22-15-21(17-26)25(16-22)23(27)20-13-11-19(12-14-20)18-9-7-6-8-10-18/h6-14,21-22,26H,15-17H2,1-5H3. The maximum absolute atomic E-state index is 13.1. The molecule has 29 heavy (non-hydrogen) atoms. The van der Waals surface area contributed by atoms with Crippen molar-refractivity contribution in [1.82, 2.24) is 4.90 Å². The van der Waals surface area contributed by atoms with Gasteiger partial charge in [0.1, 0.15) is 0 Å². The van der Waals surface area contributed by atoms with Gasteiger partial charge in [-0.15, -0.1) is 0 Å². The maximum Gasteiger partial charge on any atom is 0.254 e. The van der Waals surface area contributed by atoms with Gasteiger partial charge in [-0.25, -0.2) is 0 Å². The smallest absolute Gasteiger partial charge is 0.254 e. The zero-order valence-electron chi connectivity index (χ0n) is 18.2. The first-order chi connectivity index (χ1) is 13.6. The second-order valence-electron chi connectivity index (χ2n) is 9.47. The minimum absolute atomic E-state index is 0.0133. The highest BCUT2D eigenvalue weighted by Crippen LogP contribution is 2.39. The molecular weight excluding hydrogens is 378 g/mol. The van der Waals surface area contributed by atoms with Gasteiger partial charge in [0.05, 0.1) is 18.8 Å². The molecule has 1 fully saturated rings. The molecule has 0 aliphatic carbocycles. The number of amides is 1. The van der Waals surface area contributed by atoms with E-state index in [1.54, 1.807) is 4.90 Å². The second-order valence-corrected chi connectivity index (χ2v) is 14.2. The number of benzene rings is 2. The molecule has 0 bridgehead atoms. The lowest BCUT2D eigenvalue weighted by Gasteiger charge is -2.38. The van der Waals surface area contributed by atoms with Crippen LogP contribution in [0.25, 0.3) is 11.1 Å². The molecule has 2 aromatic rings. The number of carbonyl (C=O) groups is 1. The number of hydrogen-bond donors (Lipinski definition) is 1. The van der Waals surface area contributed by atoms with E-state index in [0.717, 1.165) is 11.1 Å². The van der Waals surface area contributed by atoms with Crippen LogP contribution in [0.15, 0.2) is 54.6 Å². The average Bonchev–Trinajstić information content (AvgIpc) is 3.09. The van der Waals surface area contributed by atoms with E-state index in [9.17, 15) is 9.90 Å². The van der Waals surface area contributed by atoms with Gasteiger partial charge in [0.25, 0.3) is 5.91 Å². The Hall–Kier alpha value is -1.95. The van der Waals surface area contributed by atoms with E-state index in [1.807, 2.05) is 42.5 Å². The summed E-state index contributed by atoms with van der Waals surface area (Å²) in [5, 5.41) is 9.98. The lowest BCUT2D eigenvalue weighted by atomic mass is 10.0. The summed E-state index contributed by atoms with van der Waals surface area (Å²) in [5.74, 6) is -0.0370. The minimum atomic E-state index is -1.92. The van der Waals surface area contributed by atoms with Gasteiger partial charge in [0.15, 0.2) is 8.32 Å². The van der Waals surface area contributed by atoms with Crippen LogP contribution in [0.5, 0.6) is 0 Å². The molecule has 0 spiro atoms. The third kappa shape index (κ3) is 4.79. The van der Waals surface area contributed by atoms with Crippen LogP contribution < -0.4 is 0 Å². The molecule has 0 aromatic heterocycles. The molecular formula is C24H33NO3Si. The van der Waals surface area contributed by atoms with Crippen LogP contribution >= 0.6 is 0 Å². The summed E-state index contributed by atoms with van der Waals surface area (Å²) in [6, 6.07) is 17.6. The van der Waals surface area contributed by atoms with Crippen molar-refractivity contribution in [2.75, 3.05) is 13.2 Å². The quantitative estimate of drug-likeness (QED) is 0.708. The van der Waals surface area contributed by atoms with E-state index in [2.05, 4.69) is 46.0 Å².